The Kier molecular flexibility index (Phi) is 5.22. The number of fused-ring (bicyclic) bond motifs is 3. The van der Waals surface area contributed by atoms with Crippen LogP contribution in [0.15, 0.2) is 30.5 Å². The Balaban J connectivity index is 1.12. The normalized spacial score (nSPS) is 21.1. The number of hydrogen-bond acceptors (Lipinski definition) is 8. The van der Waals surface area contributed by atoms with Gasteiger partial charge in [-0.15, -0.1) is 10.2 Å². The first kappa shape index (κ1) is 23.2. The predicted octanol–water partition coefficient (Wildman–Crippen LogP) is 2.94. The standard InChI is InChI=1S/C25H27ClF2N8O/c1-16-29-5-4-21(30-16)34-11-24(12-34)13-35(14-24)23-32-31-22-8-33(15-25(27,28)18-9-37-10-18)7-17-6-19(26)2-3-20(17)36(22)23/h2-6,18H,7-15H2,1H3. The van der Waals surface area contributed by atoms with Crippen molar-refractivity contribution < 1.29 is 13.5 Å². The van der Waals surface area contributed by atoms with Crippen LogP contribution in [0, 0.1) is 18.3 Å². The molecule has 37 heavy (non-hydrogen) atoms. The molecule has 3 fully saturated rings. The summed E-state index contributed by atoms with van der Waals surface area (Å²) in [5.41, 5.74) is 1.97. The second kappa shape index (κ2) is 8.31. The predicted molar refractivity (Wildman–Crippen MR) is 133 cm³/mol. The maximum absolute atomic E-state index is 14.9. The number of anilines is 2. The number of alkyl halides is 2. The van der Waals surface area contributed by atoms with Crippen LogP contribution in [-0.2, 0) is 17.8 Å². The van der Waals surface area contributed by atoms with E-state index < -0.39 is 11.8 Å². The molecular weight excluding hydrogens is 502 g/mol. The molecule has 0 N–H and O–H groups in total. The van der Waals surface area contributed by atoms with Gasteiger partial charge in [0.25, 0.3) is 5.92 Å². The Bertz CT molecular complexity index is 1350. The molecule has 6 heterocycles. The summed E-state index contributed by atoms with van der Waals surface area (Å²) in [6, 6.07) is 7.57. The Labute approximate surface area is 218 Å². The summed E-state index contributed by atoms with van der Waals surface area (Å²) < 4.78 is 36.9. The lowest BCUT2D eigenvalue weighted by atomic mass is 9.73. The third-order valence-electron chi connectivity index (χ3n) is 7.90. The monoisotopic (exact) mass is 528 g/mol. The Hall–Kier alpha value is -2.89. The second-order valence-corrected chi connectivity index (χ2v) is 11.3. The van der Waals surface area contributed by atoms with Crippen LogP contribution in [0.4, 0.5) is 20.5 Å². The van der Waals surface area contributed by atoms with Crippen LogP contribution in [0.2, 0.25) is 5.02 Å². The van der Waals surface area contributed by atoms with Gasteiger partial charge >= 0.3 is 0 Å². The highest BCUT2D eigenvalue weighted by Gasteiger charge is 2.53. The van der Waals surface area contributed by atoms with Crippen LogP contribution in [-0.4, -0.2) is 81.5 Å². The van der Waals surface area contributed by atoms with Crippen molar-refractivity contribution >= 4 is 23.4 Å². The zero-order valence-electron chi connectivity index (χ0n) is 20.4. The molecule has 4 aliphatic rings. The SMILES string of the molecule is Cc1nccc(N2CC3(C2)CN(c2nnc4n2-c2ccc(Cl)cc2CN(CC(F)(F)C2COC2)C4)C3)n1. The van der Waals surface area contributed by atoms with E-state index in [9.17, 15) is 8.78 Å². The van der Waals surface area contributed by atoms with Crippen molar-refractivity contribution in [1.82, 2.24) is 29.6 Å². The van der Waals surface area contributed by atoms with Crippen molar-refractivity contribution in [2.24, 2.45) is 11.3 Å². The Morgan fingerprint density at radius 3 is 2.59 bits per heavy atom. The topological polar surface area (TPSA) is 75.4 Å². The van der Waals surface area contributed by atoms with Crippen LogP contribution in [0.3, 0.4) is 0 Å². The summed E-state index contributed by atoms with van der Waals surface area (Å²) in [6.07, 6.45) is 1.80. The summed E-state index contributed by atoms with van der Waals surface area (Å²) in [7, 11) is 0. The third-order valence-corrected chi connectivity index (χ3v) is 8.13. The van der Waals surface area contributed by atoms with E-state index >= 15 is 0 Å². The summed E-state index contributed by atoms with van der Waals surface area (Å²) in [6.45, 7) is 5.97. The average Bonchev–Trinajstić information content (AvgIpc) is 3.06. The number of halogens is 3. The fourth-order valence-corrected chi connectivity index (χ4v) is 6.12. The summed E-state index contributed by atoms with van der Waals surface area (Å²) in [5, 5.41) is 9.57. The smallest absolute Gasteiger partial charge is 0.267 e. The van der Waals surface area contributed by atoms with Gasteiger partial charge in [-0.3, -0.25) is 9.47 Å². The number of aryl methyl sites for hydroxylation is 1. The maximum atomic E-state index is 14.9. The van der Waals surface area contributed by atoms with Gasteiger partial charge < -0.3 is 14.5 Å². The van der Waals surface area contributed by atoms with Gasteiger partial charge in [-0.2, -0.15) is 0 Å². The Morgan fingerprint density at radius 2 is 1.86 bits per heavy atom. The van der Waals surface area contributed by atoms with Gasteiger partial charge in [-0.05, 0) is 36.8 Å². The van der Waals surface area contributed by atoms with E-state index in [4.69, 9.17) is 16.3 Å². The molecule has 0 aliphatic carbocycles. The van der Waals surface area contributed by atoms with E-state index in [0.717, 1.165) is 55.0 Å². The van der Waals surface area contributed by atoms with Crippen LogP contribution >= 0.6 is 11.6 Å². The summed E-state index contributed by atoms with van der Waals surface area (Å²) >= 11 is 6.32. The van der Waals surface area contributed by atoms with Crippen LogP contribution in [0.5, 0.6) is 0 Å². The lowest BCUT2D eigenvalue weighted by molar-refractivity contribution is -0.179. The molecule has 0 bridgehead atoms. The first-order chi connectivity index (χ1) is 17.8. The van der Waals surface area contributed by atoms with E-state index in [2.05, 4.69) is 30.0 Å². The highest BCUT2D eigenvalue weighted by Crippen LogP contribution is 2.44. The lowest BCUT2D eigenvalue weighted by Gasteiger charge is -2.60. The van der Waals surface area contributed by atoms with Gasteiger partial charge in [-0.25, -0.2) is 18.7 Å². The highest BCUT2D eigenvalue weighted by atomic mass is 35.5. The minimum Gasteiger partial charge on any atom is -0.380 e. The molecule has 9 nitrogen and oxygen atoms in total. The van der Waals surface area contributed by atoms with Gasteiger partial charge in [0.15, 0.2) is 5.82 Å². The van der Waals surface area contributed by atoms with Crippen LogP contribution in [0.25, 0.3) is 5.69 Å². The summed E-state index contributed by atoms with van der Waals surface area (Å²) in [4.78, 5) is 15.0. The van der Waals surface area contributed by atoms with Crippen LogP contribution < -0.4 is 9.80 Å². The molecule has 0 atom stereocenters. The Morgan fingerprint density at radius 1 is 1.08 bits per heavy atom. The molecule has 0 amide bonds. The number of nitrogens with zero attached hydrogens (tertiary/aromatic N) is 8. The van der Waals surface area contributed by atoms with E-state index in [1.807, 2.05) is 35.8 Å². The number of ether oxygens (including phenoxy) is 1. The second-order valence-electron chi connectivity index (χ2n) is 10.8. The summed E-state index contributed by atoms with van der Waals surface area (Å²) in [5.74, 6) is -0.438. The minimum atomic E-state index is -2.84. The van der Waals surface area contributed by atoms with Gasteiger partial charge in [0.2, 0.25) is 5.95 Å². The number of rotatable bonds is 5. The molecule has 2 aromatic heterocycles. The quantitative estimate of drug-likeness (QED) is 0.500. The van der Waals surface area contributed by atoms with Crippen molar-refractivity contribution in [2.45, 2.75) is 25.9 Å². The lowest BCUT2D eigenvalue weighted by Crippen LogP contribution is -2.73. The number of aromatic nitrogens is 5. The van der Waals surface area contributed by atoms with E-state index in [-0.39, 0.29) is 31.7 Å². The first-order valence-electron chi connectivity index (χ1n) is 12.5. The van der Waals surface area contributed by atoms with Crippen molar-refractivity contribution in [3.8, 4) is 5.69 Å². The molecule has 1 aromatic carbocycles. The molecule has 4 aliphatic heterocycles. The van der Waals surface area contributed by atoms with Crippen molar-refractivity contribution in [3.05, 3.63) is 52.7 Å². The minimum absolute atomic E-state index is 0.106. The van der Waals surface area contributed by atoms with Gasteiger partial charge in [0.05, 0.1) is 37.9 Å². The van der Waals surface area contributed by atoms with E-state index in [0.29, 0.717) is 17.4 Å². The third kappa shape index (κ3) is 3.95. The maximum Gasteiger partial charge on any atom is 0.267 e. The van der Waals surface area contributed by atoms with E-state index in [1.54, 1.807) is 11.1 Å². The van der Waals surface area contributed by atoms with Gasteiger partial charge in [0.1, 0.15) is 11.6 Å². The molecular formula is C25H27ClF2N8O. The molecule has 0 saturated carbocycles. The van der Waals surface area contributed by atoms with E-state index in [1.165, 1.54) is 0 Å². The van der Waals surface area contributed by atoms with Crippen molar-refractivity contribution in [3.63, 3.8) is 0 Å². The number of hydrogen-bond donors (Lipinski definition) is 0. The molecule has 3 saturated heterocycles. The van der Waals surface area contributed by atoms with Crippen molar-refractivity contribution in [1.29, 1.82) is 0 Å². The molecule has 12 heteroatoms. The molecule has 0 radical (unpaired) electrons. The number of benzene rings is 1. The highest BCUT2D eigenvalue weighted by molar-refractivity contribution is 6.30. The molecule has 1 spiro atoms. The molecule has 7 rings (SSSR count). The van der Waals surface area contributed by atoms with Gasteiger partial charge in [-0.1, -0.05) is 11.6 Å². The first-order valence-corrected chi connectivity index (χ1v) is 12.9. The van der Waals surface area contributed by atoms with Gasteiger partial charge in [0, 0.05) is 49.4 Å². The fraction of sp³-hybridized carbons (Fsp3) is 0.520. The van der Waals surface area contributed by atoms with Crippen LogP contribution in [0.1, 0.15) is 17.2 Å². The molecule has 0 unspecified atom stereocenters. The largest absolute Gasteiger partial charge is 0.380 e. The molecule has 194 valence electrons. The zero-order chi connectivity index (χ0) is 25.4. The zero-order valence-corrected chi connectivity index (χ0v) is 21.2. The average molecular weight is 529 g/mol. The molecule has 3 aromatic rings. The fourth-order valence-electron chi connectivity index (χ4n) is 5.93. The van der Waals surface area contributed by atoms with Crippen molar-refractivity contribution in [2.75, 3.05) is 55.7 Å².